The van der Waals surface area contributed by atoms with Crippen molar-refractivity contribution in [3.8, 4) is 17.1 Å². The first kappa shape index (κ1) is 13.7. The first-order valence-electron chi connectivity index (χ1n) is 5.76. The summed E-state index contributed by atoms with van der Waals surface area (Å²) in [7, 11) is 1.64. The minimum absolute atomic E-state index is 0.334. The van der Waals surface area contributed by atoms with Crippen molar-refractivity contribution in [2.24, 2.45) is 0 Å². The summed E-state index contributed by atoms with van der Waals surface area (Å²) in [4.78, 5) is 4.23. The van der Waals surface area contributed by atoms with Gasteiger partial charge in [-0.05, 0) is 37.5 Å². The van der Waals surface area contributed by atoms with E-state index < -0.39 is 0 Å². The molecule has 0 fully saturated rings. The molecule has 0 amide bonds. The minimum atomic E-state index is 0.334. The van der Waals surface area contributed by atoms with E-state index in [1.165, 1.54) is 6.20 Å². The number of aromatic nitrogens is 3. The highest BCUT2D eigenvalue weighted by molar-refractivity contribution is 9.10. The van der Waals surface area contributed by atoms with Crippen molar-refractivity contribution in [2.45, 2.75) is 20.8 Å². The van der Waals surface area contributed by atoms with E-state index in [-0.39, 0.29) is 0 Å². The van der Waals surface area contributed by atoms with Gasteiger partial charge < -0.3 is 10.5 Å². The third-order valence-corrected chi connectivity index (χ3v) is 4.36. The Kier molecular flexibility index (Phi) is 3.71. The maximum atomic E-state index is 5.68. The summed E-state index contributed by atoms with van der Waals surface area (Å²) in [5.41, 5.74) is 9.68. The molecule has 2 rings (SSSR count). The van der Waals surface area contributed by atoms with Crippen molar-refractivity contribution in [2.75, 3.05) is 12.8 Å². The van der Waals surface area contributed by atoms with Crippen LogP contribution in [0.3, 0.4) is 0 Å². The van der Waals surface area contributed by atoms with Crippen LogP contribution in [0.15, 0.2) is 10.7 Å². The largest absolute Gasteiger partial charge is 0.496 e. The number of methoxy groups -OCH3 is 1. The van der Waals surface area contributed by atoms with Crippen molar-refractivity contribution in [1.82, 2.24) is 15.2 Å². The van der Waals surface area contributed by atoms with Crippen LogP contribution in [0.5, 0.6) is 5.75 Å². The molecule has 0 saturated heterocycles. The second-order valence-corrected chi connectivity index (χ2v) is 5.10. The molecule has 0 bridgehead atoms. The fourth-order valence-electron chi connectivity index (χ4n) is 2.03. The van der Waals surface area contributed by atoms with Crippen LogP contribution in [0.25, 0.3) is 11.4 Å². The van der Waals surface area contributed by atoms with E-state index >= 15 is 0 Å². The number of hydrogen-bond donors (Lipinski definition) is 1. The normalized spacial score (nSPS) is 10.6. The monoisotopic (exact) mass is 322 g/mol. The van der Waals surface area contributed by atoms with Gasteiger partial charge in [-0.15, -0.1) is 5.10 Å². The molecule has 19 heavy (non-hydrogen) atoms. The molecule has 2 aromatic rings. The van der Waals surface area contributed by atoms with Gasteiger partial charge in [-0.2, -0.15) is 5.10 Å². The third-order valence-electron chi connectivity index (χ3n) is 3.17. The predicted molar refractivity (Wildman–Crippen MR) is 78.1 cm³/mol. The first-order valence-corrected chi connectivity index (χ1v) is 6.55. The van der Waals surface area contributed by atoms with Crippen LogP contribution in [-0.4, -0.2) is 22.3 Å². The van der Waals surface area contributed by atoms with Gasteiger partial charge in [0.25, 0.3) is 0 Å². The second-order valence-electron chi connectivity index (χ2n) is 4.30. The Morgan fingerprint density at radius 3 is 2.42 bits per heavy atom. The lowest BCUT2D eigenvalue weighted by atomic mass is 9.98. The highest BCUT2D eigenvalue weighted by Crippen LogP contribution is 2.40. The van der Waals surface area contributed by atoms with Crippen molar-refractivity contribution >= 4 is 21.7 Å². The molecule has 0 atom stereocenters. The van der Waals surface area contributed by atoms with Crippen molar-refractivity contribution in [3.63, 3.8) is 0 Å². The summed E-state index contributed by atoms with van der Waals surface area (Å²) in [5.74, 6) is 1.56. The number of ether oxygens (including phenoxy) is 1. The van der Waals surface area contributed by atoms with Crippen LogP contribution in [0, 0.1) is 20.8 Å². The molecule has 0 aliphatic heterocycles. The van der Waals surface area contributed by atoms with E-state index in [4.69, 9.17) is 10.5 Å². The van der Waals surface area contributed by atoms with Crippen LogP contribution in [-0.2, 0) is 0 Å². The Balaban J connectivity index is 2.83. The van der Waals surface area contributed by atoms with Crippen LogP contribution in [0.2, 0.25) is 0 Å². The molecule has 0 saturated carbocycles. The van der Waals surface area contributed by atoms with E-state index in [0.717, 1.165) is 32.5 Å². The number of hydrogen-bond acceptors (Lipinski definition) is 5. The van der Waals surface area contributed by atoms with Crippen LogP contribution < -0.4 is 10.5 Å². The molecular formula is C13H15BrN4O. The van der Waals surface area contributed by atoms with E-state index in [0.29, 0.717) is 11.6 Å². The lowest BCUT2D eigenvalue weighted by Crippen LogP contribution is -2.03. The molecule has 0 aliphatic rings. The number of rotatable bonds is 2. The van der Waals surface area contributed by atoms with Crippen LogP contribution in [0.1, 0.15) is 16.7 Å². The van der Waals surface area contributed by atoms with E-state index in [2.05, 4.69) is 31.1 Å². The van der Waals surface area contributed by atoms with E-state index in [9.17, 15) is 0 Å². The molecule has 1 heterocycles. The van der Waals surface area contributed by atoms with Gasteiger partial charge in [0, 0.05) is 4.47 Å². The van der Waals surface area contributed by atoms with Crippen molar-refractivity contribution in [3.05, 3.63) is 27.4 Å². The number of halogens is 1. The summed E-state index contributed by atoms with van der Waals surface area (Å²) < 4.78 is 6.54. The lowest BCUT2D eigenvalue weighted by molar-refractivity contribution is 0.412. The molecule has 100 valence electrons. The maximum absolute atomic E-state index is 5.68. The van der Waals surface area contributed by atoms with Gasteiger partial charge in [-0.25, -0.2) is 4.98 Å². The smallest absolute Gasteiger partial charge is 0.187 e. The quantitative estimate of drug-likeness (QED) is 0.920. The molecule has 1 aromatic carbocycles. The summed E-state index contributed by atoms with van der Waals surface area (Å²) in [6.45, 7) is 6.03. The Bertz CT molecular complexity index is 643. The van der Waals surface area contributed by atoms with Gasteiger partial charge in [-0.3, -0.25) is 0 Å². The highest BCUT2D eigenvalue weighted by Gasteiger charge is 2.20. The minimum Gasteiger partial charge on any atom is -0.496 e. The maximum Gasteiger partial charge on any atom is 0.187 e. The zero-order valence-electron chi connectivity index (χ0n) is 11.3. The highest BCUT2D eigenvalue weighted by atomic mass is 79.9. The molecule has 0 radical (unpaired) electrons. The standard InChI is InChI=1S/C13H15BrN4O/c1-6-7(2)12(19-4)10(8(3)11(6)14)13-17-9(15)5-16-18-13/h5H,1-4H3,(H2,15,17,18). The Morgan fingerprint density at radius 1 is 1.16 bits per heavy atom. The Labute approximate surface area is 120 Å². The van der Waals surface area contributed by atoms with Crippen molar-refractivity contribution in [1.29, 1.82) is 0 Å². The fourth-order valence-corrected chi connectivity index (χ4v) is 2.53. The average Bonchev–Trinajstić information content (AvgIpc) is 2.40. The number of nitrogen functional groups attached to an aromatic ring is 1. The number of nitrogens with zero attached hydrogens (tertiary/aromatic N) is 3. The van der Waals surface area contributed by atoms with Gasteiger partial charge in [0.05, 0.1) is 18.9 Å². The predicted octanol–water partition coefficient (Wildman–Crippen LogP) is 2.82. The molecule has 1 aromatic heterocycles. The van der Waals surface area contributed by atoms with E-state index in [1.807, 2.05) is 20.8 Å². The van der Waals surface area contributed by atoms with Gasteiger partial charge in [0.15, 0.2) is 5.82 Å². The topological polar surface area (TPSA) is 73.9 Å². The fraction of sp³-hybridized carbons (Fsp3) is 0.308. The summed E-state index contributed by atoms with van der Waals surface area (Å²) in [5, 5.41) is 7.90. The Hall–Kier alpha value is -1.69. The van der Waals surface area contributed by atoms with Gasteiger partial charge >= 0.3 is 0 Å². The number of benzene rings is 1. The van der Waals surface area contributed by atoms with Crippen LogP contribution >= 0.6 is 15.9 Å². The Morgan fingerprint density at radius 2 is 1.84 bits per heavy atom. The molecule has 5 nitrogen and oxygen atoms in total. The molecule has 6 heteroatoms. The second kappa shape index (κ2) is 5.13. The number of nitrogens with two attached hydrogens (primary N) is 1. The van der Waals surface area contributed by atoms with E-state index in [1.54, 1.807) is 7.11 Å². The average molecular weight is 323 g/mol. The summed E-state index contributed by atoms with van der Waals surface area (Å²) >= 11 is 3.60. The zero-order chi connectivity index (χ0) is 14.2. The summed E-state index contributed by atoms with van der Waals surface area (Å²) in [6, 6.07) is 0. The molecule has 0 aliphatic carbocycles. The molecular weight excluding hydrogens is 308 g/mol. The SMILES string of the molecule is COc1c(C)c(C)c(Br)c(C)c1-c1nncc(N)n1. The third kappa shape index (κ3) is 2.28. The van der Waals surface area contributed by atoms with Gasteiger partial charge in [0.1, 0.15) is 11.6 Å². The molecule has 0 spiro atoms. The van der Waals surface area contributed by atoms with Crippen LogP contribution in [0.4, 0.5) is 5.82 Å². The van der Waals surface area contributed by atoms with Gasteiger partial charge in [0.2, 0.25) is 0 Å². The number of anilines is 1. The van der Waals surface area contributed by atoms with Gasteiger partial charge in [-0.1, -0.05) is 15.9 Å². The zero-order valence-corrected chi connectivity index (χ0v) is 12.9. The first-order chi connectivity index (χ1) is 8.97. The summed E-state index contributed by atoms with van der Waals surface area (Å²) in [6.07, 6.45) is 1.42. The molecule has 2 N–H and O–H groups in total. The lowest BCUT2D eigenvalue weighted by Gasteiger charge is -2.17. The van der Waals surface area contributed by atoms with Crippen molar-refractivity contribution < 1.29 is 4.74 Å². The molecule has 0 unspecified atom stereocenters.